The van der Waals surface area contributed by atoms with Crippen LogP contribution in [0.1, 0.15) is 25.7 Å². The molecule has 156 valence electrons. The van der Waals surface area contributed by atoms with Crippen molar-refractivity contribution in [2.24, 2.45) is 5.92 Å². The Bertz CT molecular complexity index is 1020. The van der Waals surface area contributed by atoms with Crippen LogP contribution < -0.4 is 10.1 Å². The number of ether oxygens (including phenoxy) is 1. The van der Waals surface area contributed by atoms with Crippen LogP contribution in [0.2, 0.25) is 0 Å². The summed E-state index contributed by atoms with van der Waals surface area (Å²) >= 11 is 0. The van der Waals surface area contributed by atoms with Gasteiger partial charge in [0.2, 0.25) is 0 Å². The van der Waals surface area contributed by atoms with Crippen LogP contribution in [0.5, 0.6) is 5.75 Å². The Morgan fingerprint density at radius 1 is 1.23 bits per heavy atom. The van der Waals surface area contributed by atoms with Crippen molar-refractivity contribution in [1.29, 1.82) is 0 Å². The van der Waals surface area contributed by atoms with Gasteiger partial charge in [0, 0.05) is 17.8 Å². The zero-order chi connectivity index (χ0) is 20.9. The lowest BCUT2D eigenvalue weighted by molar-refractivity contribution is 0.169. The van der Waals surface area contributed by atoms with Crippen molar-refractivity contribution in [2.75, 3.05) is 6.61 Å². The first-order valence-corrected chi connectivity index (χ1v) is 9.82. The van der Waals surface area contributed by atoms with Gasteiger partial charge in [-0.25, -0.2) is 23.8 Å². The molecule has 4 rings (SSSR count). The lowest BCUT2D eigenvalue weighted by atomic mass is 9.86. The van der Waals surface area contributed by atoms with Gasteiger partial charge in [-0.3, -0.25) is 0 Å². The molecule has 0 atom stereocenters. The van der Waals surface area contributed by atoms with E-state index in [0.717, 1.165) is 25.7 Å². The van der Waals surface area contributed by atoms with Gasteiger partial charge in [-0.15, -0.1) is 0 Å². The molecular weight excluding hydrogens is 389 g/mol. The van der Waals surface area contributed by atoms with Crippen LogP contribution in [0.4, 0.5) is 9.18 Å². The zero-order valence-electron chi connectivity index (χ0n) is 16.2. The number of amides is 1. The third kappa shape index (κ3) is 4.56. The number of para-hydroxylation sites is 1. The second kappa shape index (κ2) is 8.89. The van der Waals surface area contributed by atoms with Crippen LogP contribution in [-0.2, 0) is 0 Å². The molecule has 8 nitrogen and oxygen atoms in total. The first-order chi connectivity index (χ1) is 14.6. The molecule has 0 radical (unpaired) electrons. The van der Waals surface area contributed by atoms with Gasteiger partial charge in [0.1, 0.15) is 23.5 Å². The Hall–Kier alpha value is -3.49. The second-order valence-electron chi connectivity index (χ2n) is 7.34. The first-order valence-electron chi connectivity index (χ1n) is 9.82. The van der Waals surface area contributed by atoms with E-state index in [0.29, 0.717) is 35.2 Å². The minimum absolute atomic E-state index is 0.0126. The summed E-state index contributed by atoms with van der Waals surface area (Å²) in [7, 11) is 0. The van der Waals surface area contributed by atoms with E-state index in [1.807, 2.05) is 0 Å². The smallest absolute Gasteiger partial charge is 0.404 e. The van der Waals surface area contributed by atoms with Crippen molar-refractivity contribution >= 4 is 6.09 Å². The molecule has 1 aliphatic rings. The Labute approximate surface area is 172 Å². The summed E-state index contributed by atoms with van der Waals surface area (Å²) in [5.41, 5.74) is 1.64. The summed E-state index contributed by atoms with van der Waals surface area (Å²) in [6.45, 7) is 0.502. The Kier molecular flexibility index (Phi) is 5.87. The maximum absolute atomic E-state index is 14.0. The molecule has 0 spiro atoms. The van der Waals surface area contributed by atoms with Crippen LogP contribution in [0.3, 0.4) is 0 Å². The van der Waals surface area contributed by atoms with Gasteiger partial charge in [0.05, 0.1) is 19.0 Å². The highest BCUT2D eigenvalue weighted by Gasteiger charge is 2.23. The summed E-state index contributed by atoms with van der Waals surface area (Å²) in [6, 6.07) is 6.43. The first kappa shape index (κ1) is 19.8. The van der Waals surface area contributed by atoms with E-state index in [1.54, 1.807) is 36.8 Å². The van der Waals surface area contributed by atoms with Gasteiger partial charge < -0.3 is 15.2 Å². The Morgan fingerprint density at radius 3 is 2.80 bits per heavy atom. The van der Waals surface area contributed by atoms with Gasteiger partial charge in [-0.05, 0) is 43.7 Å². The zero-order valence-corrected chi connectivity index (χ0v) is 16.2. The number of hydrogen-bond donors (Lipinski definition) is 2. The third-order valence-corrected chi connectivity index (χ3v) is 5.28. The largest absolute Gasteiger partial charge is 0.489 e. The molecule has 2 N–H and O–H groups in total. The number of carbonyl (C=O) groups is 1. The fraction of sp³-hybridized carbons (Fsp3) is 0.333. The fourth-order valence-electron chi connectivity index (χ4n) is 3.71. The molecule has 1 aliphatic carbocycles. The van der Waals surface area contributed by atoms with Crippen molar-refractivity contribution in [2.45, 2.75) is 31.7 Å². The number of nitrogens with one attached hydrogen (secondary N) is 1. The molecule has 1 saturated carbocycles. The van der Waals surface area contributed by atoms with E-state index in [1.165, 1.54) is 17.1 Å². The Balaban J connectivity index is 1.43. The monoisotopic (exact) mass is 411 g/mol. The van der Waals surface area contributed by atoms with Crippen LogP contribution in [0, 0.1) is 11.7 Å². The molecule has 3 aromatic rings. The number of benzene rings is 1. The molecule has 0 unspecified atom stereocenters. The number of hydrogen-bond acceptors (Lipinski definition) is 5. The predicted molar refractivity (Wildman–Crippen MR) is 107 cm³/mol. The predicted octanol–water partition coefficient (Wildman–Crippen LogP) is 3.67. The van der Waals surface area contributed by atoms with E-state index in [-0.39, 0.29) is 11.9 Å². The number of halogens is 1. The van der Waals surface area contributed by atoms with E-state index in [2.05, 4.69) is 20.4 Å². The summed E-state index contributed by atoms with van der Waals surface area (Å²) in [6.07, 6.45) is 8.77. The van der Waals surface area contributed by atoms with E-state index in [4.69, 9.17) is 9.84 Å². The topological polar surface area (TPSA) is 102 Å². The highest BCUT2D eigenvalue weighted by Crippen LogP contribution is 2.30. The molecule has 1 fully saturated rings. The number of aromatic nitrogens is 4. The van der Waals surface area contributed by atoms with Crippen LogP contribution in [-0.4, -0.2) is 43.6 Å². The van der Waals surface area contributed by atoms with Crippen molar-refractivity contribution in [3.8, 4) is 22.7 Å². The molecule has 1 amide bonds. The maximum Gasteiger partial charge on any atom is 0.404 e. The quantitative estimate of drug-likeness (QED) is 0.642. The minimum atomic E-state index is -0.975. The van der Waals surface area contributed by atoms with Gasteiger partial charge in [0.25, 0.3) is 0 Å². The van der Waals surface area contributed by atoms with E-state index >= 15 is 0 Å². The molecule has 0 aliphatic heterocycles. The molecule has 9 heteroatoms. The van der Waals surface area contributed by atoms with Crippen molar-refractivity contribution in [1.82, 2.24) is 25.1 Å². The molecule has 0 bridgehead atoms. The summed E-state index contributed by atoms with van der Waals surface area (Å²) in [5.74, 6) is 0.515. The molecule has 0 saturated heterocycles. The number of carboxylic acid groups (broad SMARTS) is 1. The average molecular weight is 411 g/mol. The maximum atomic E-state index is 14.0. The Morgan fingerprint density at radius 2 is 2.03 bits per heavy atom. The van der Waals surface area contributed by atoms with Crippen molar-refractivity contribution in [3.63, 3.8) is 0 Å². The van der Waals surface area contributed by atoms with Crippen molar-refractivity contribution in [3.05, 3.63) is 55.0 Å². The lowest BCUT2D eigenvalue weighted by Gasteiger charge is -2.28. The third-order valence-electron chi connectivity index (χ3n) is 5.28. The van der Waals surface area contributed by atoms with Crippen LogP contribution >= 0.6 is 0 Å². The molecule has 2 heterocycles. The van der Waals surface area contributed by atoms with Gasteiger partial charge in [-0.1, -0.05) is 12.1 Å². The van der Waals surface area contributed by atoms with Crippen LogP contribution in [0.25, 0.3) is 16.9 Å². The SMILES string of the molecule is O=C(O)N[C@H]1CC[C@H](COc2cncnc2-c2cnn(-c3ccccc3F)c2)CC1. The summed E-state index contributed by atoms with van der Waals surface area (Å²) in [5, 5.41) is 15.6. The second-order valence-corrected chi connectivity index (χ2v) is 7.34. The molecule has 30 heavy (non-hydrogen) atoms. The summed E-state index contributed by atoms with van der Waals surface area (Å²) < 4.78 is 21.5. The molecular formula is C21H22FN5O3. The van der Waals surface area contributed by atoms with Crippen molar-refractivity contribution < 1.29 is 19.0 Å². The molecule has 2 aromatic heterocycles. The highest BCUT2D eigenvalue weighted by atomic mass is 19.1. The molecule has 1 aromatic carbocycles. The van der Waals surface area contributed by atoms with Gasteiger partial charge in [-0.2, -0.15) is 5.10 Å². The lowest BCUT2D eigenvalue weighted by Crippen LogP contribution is -2.37. The normalized spacial score (nSPS) is 18.7. The fourth-order valence-corrected chi connectivity index (χ4v) is 3.71. The van der Waals surface area contributed by atoms with Crippen LogP contribution in [0.15, 0.2) is 49.2 Å². The number of nitrogens with zero attached hydrogens (tertiary/aromatic N) is 4. The van der Waals surface area contributed by atoms with Gasteiger partial charge in [0.15, 0.2) is 5.75 Å². The van der Waals surface area contributed by atoms with Gasteiger partial charge >= 0.3 is 6.09 Å². The van der Waals surface area contributed by atoms with E-state index in [9.17, 15) is 9.18 Å². The van der Waals surface area contributed by atoms with E-state index < -0.39 is 6.09 Å². The standard InChI is InChI=1S/C21H22FN5O3/c22-17-3-1-2-4-18(17)27-11-15(9-25-27)20-19(10-23-13-24-20)30-12-14-5-7-16(8-6-14)26-21(28)29/h1-4,9-11,13-14,16,26H,5-8,12H2,(H,28,29)/t14-,16-. The average Bonchev–Trinajstić information content (AvgIpc) is 3.23. The summed E-state index contributed by atoms with van der Waals surface area (Å²) in [4.78, 5) is 19.2. The number of rotatable bonds is 6. The minimum Gasteiger partial charge on any atom is -0.489 e. The highest BCUT2D eigenvalue weighted by molar-refractivity contribution is 5.65.